The normalized spacial score (nSPS) is 15.6. The van der Waals surface area contributed by atoms with Crippen molar-refractivity contribution >= 4 is 11.6 Å². The monoisotopic (exact) mass is 408 g/mol. The maximum absolute atomic E-state index is 13.0. The summed E-state index contributed by atoms with van der Waals surface area (Å²) in [5.41, 5.74) is 4.54. The topological polar surface area (TPSA) is 52.6 Å². The first-order valence-electron chi connectivity index (χ1n) is 11.0. The molecule has 0 bridgehead atoms. The zero-order valence-corrected chi connectivity index (χ0v) is 18.5. The van der Waals surface area contributed by atoms with Crippen molar-refractivity contribution in [2.75, 3.05) is 13.2 Å². The maximum atomic E-state index is 13.0. The molecule has 2 unspecified atom stereocenters. The predicted molar refractivity (Wildman–Crippen MR) is 119 cm³/mol. The summed E-state index contributed by atoms with van der Waals surface area (Å²) in [5.74, 6) is 2.14. The third kappa shape index (κ3) is 4.92. The van der Waals surface area contributed by atoms with Gasteiger partial charge in [-0.25, -0.2) is 0 Å². The smallest absolute Gasteiger partial charge is 0.147 e. The zero-order valence-electron chi connectivity index (χ0n) is 18.5. The Bertz CT molecular complexity index is 844. The minimum Gasteiger partial charge on any atom is -0.493 e. The highest BCUT2D eigenvalue weighted by atomic mass is 16.5. The van der Waals surface area contributed by atoms with Gasteiger partial charge in [-0.15, -0.1) is 0 Å². The van der Waals surface area contributed by atoms with E-state index in [2.05, 4.69) is 24.3 Å². The minimum absolute atomic E-state index is 0.149. The van der Waals surface area contributed by atoms with Crippen LogP contribution in [-0.2, 0) is 22.4 Å². The SMILES string of the molecule is CC(C(=O)C(C)c1ccc2c(c1)OCC2)c1ccc2c(c1)OCC2.CCC(=O)CC. The summed E-state index contributed by atoms with van der Waals surface area (Å²) in [7, 11) is 0. The number of hydrogen-bond donors (Lipinski definition) is 0. The second-order valence-electron chi connectivity index (χ2n) is 8.02. The Labute approximate surface area is 179 Å². The number of rotatable bonds is 6. The molecule has 4 rings (SSSR count). The molecule has 2 aliphatic heterocycles. The summed E-state index contributed by atoms with van der Waals surface area (Å²) in [5, 5.41) is 0. The van der Waals surface area contributed by atoms with Gasteiger partial charge >= 0.3 is 0 Å². The Morgan fingerprint density at radius 1 is 0.800 bits per heavy atom. The highest BCUT2D eigenvalue weighted by molar-refractivity contribution is 5.91. The molecule has 30 heavy (non-hydrogen) atoms. The van der Waals surface area contributed by atoms with Crippen molar-refractivity contribution in [3.63, 3.8) is 0 Å². The number of ketones is 2. The van der Waals surface area contributed by atoms with Crippen LogP contribution in [0.1, 0.15) is 74.6 Å². The van der Waals surface area contributed by atoms with E-state index in [0.717, 1.165) is 48.7 Å². The molecule has 0 saturated heterocycles. The number of hydrogen-bond acceptors (Lipinski definition) is 4. The molecule has 0 N–H and O–H groups in total. The lowest BCUT2D eigenvalue weighted by atomic mass is 9.85. The van der Waals surface area contributed by atoms with Crippen molar-refractivity contribution in [2.45, 2.75) is 65.2 Å². The lowest BCUT2D eigenvalue weighted by Gasteiger charge is -2.18. The van der Waals surface area contributed by atoms with Crippen molar-refractivity contribution in [3.05, 3.63) is 58.7 Å². The van der Waals surface area contributed by atoms with E-state index in [4.69, 9.17) is 9.47 Å². The van der Waals surface area contributed by atoms with Gasteiger partial charge in [-0.05, 0) is 34.4 Å². The Balaban J connectivity index is 0.000000377. The van der Waals surface area contributed by atoms with Gasteiger partial charge in [-0.1, -0.05) is 52.0 Å². The molecule has 0 fully saturated rings. The molecule has 2 aliphatic rings. The number of carbonyl (C=O) groups excluding carboxylic acids is 2. The summed E-state index contributed by atoms with van der Waals surface area (Å²) in [4.78, 5) is 23.1. The summed E-state index contributed by atoms with van der Waals surface area (Å²) >= 11 is 0. The molecule has 4 heteroatoms. The summed E-state index contributed by atoms with van der Waals surface area (Å²) < 4.78 is 11.3. The Morgan fingerprint density at radius 3 is 1.60 bits per heavy atom. The molecule has 0 amide bonds. The molecular formula is C26H32O4. The fourth-order valence-corrected chi connectivity index (χ4v) is 3.86. The first kappa shape index (κ1) is 22.1. The van der Waals surface area contributed by atoms with Crippen LogP contribution in [0.3, 0.4) is 0 Å². The summed E-state index contributed by atoms with van der Waals surface area (Å²) in [6.45, 7) is 9.22. The second-order valence-corrected chi connectivity index (χ2v) is 8.02. The molecule has 0 saturated carbocycles. The van der Waals surface area contributed by atoms with Crippen LogP contribution in [0.15, 0.2) is 36.4 Å². The van der Waals surface area contributed by atoms with Crippen LogP contribution in [0.25, 0.3) is 0 Å². The van der Waals surface area contributed by atoms with Gasteiger partial charge in [0.2, 0.25) is 0 Å². The molecule has 0 aliphatic carbocycles. The van der Waals surface area contributed by atoms with E-state index in [1.54, 1.807) is 0 Å². The first-order valence-corrected chi connectivity index (χ1v) is 11.0. The third-order valence-electron chi connectivity index (χ3n) is 6.08. The van der Waals surface area contributed by atoms with E-state index in [0.29, 0.717) is 18.6 Å². The van der Waals surface area contributed by atoms with Crippen LogP contribution >= 0.6 is 0 Å². The third-order valence-corrected chi connectivity index (χ3v) is 6.08. The quantitative estimate of drug-likeness (QED) is 0.641. The van der Waals surface area contributed by atoms with Crippen LogP contribution in [-0.4, -0.2) is 24.8 Å². The summed E-state index contributed by atoms with van der Waals surface area (Å²) in [6.07, 6.45) is 3.31. The highest BCUT2D eigenvalue weighted by Gasteiger charge is 2.25. The van der Waals surface area contributed by atoms with Crippen molar-refractivity contribution < 1.29 is 19.1 Å². The second kappa shape index (κ2) is 9.92. The van der Waals surface area contributed by atoms with Gasteiger partial charge in [0.25, 0.3) is 0 Å². The fourth-order valence-electron chi connectivity index (χ4n) is 3.86. The van der Waals surface area contributed by atoms with Gasteiger partial charge < -0.3 is 9.47 Å². The van der Waals surface area contributed by atoms with E-state index in [9.17, 15) is 9.59 Å². The Hall–Kier alpha value is -2.62. The highest BCUT2D eigenvalue weighted by Crippen LogP contribution is 2.34. The maximum Gasteiger partial charge on any atom is 0.147 e. The van der Waals surface area contributed by atoms with Crippen molar-refractivity contribution in [3.8, 4) is 11.5 Å². The molecule has 2 aromatic carbocycles. The average molecular weight is 409 g/mol. The average Bonchev–Trinajstić information content (AvgIpc) is 3.45. The molecular weight excluding hydrogens is 376 g/mol. The van der Waals surface area contributed by atoms with Gasteiger partial charge in [0.15, 0.2) is 0 Å². The van der Waals surface area contributed by atoms with Crippen molar-refractivity contribution in [1.82, 2.24) is 0 Å². The molecule has 2 atom stereocenters. The number of Topliss-reactive ketones (excluding diaryl/α,β-unsaturated/α-hetero) is 2. The van der Waals surface area contributed by atoms with Gasteiger partial charge in [-0.3, -0.25) is 9.59 Å². The summed E-state index contributed by atoms with van der Waals surface area (Å²) in [6, 6.07) is 12.4. The Kier molecular flexibility index (Phi) is 7.30. The largest absolute Gasteiger partial charge is 0.493 e. The van der Waals surface area contributed by atoms with Crippen LogP contribution in [0.2, 0.25) is 0 Å². The first-order chi connectivity index (χ1) is 14.4. The lowest BCUT2D eigenvalue weighted by molar-refractivity contribution is -0.121. The standard InChI is InChI=1S/C21H22O3.C5H10O/c1-13(17-5-3-15-7-9-23-19(15)11-17)21(22)14(2)18-6-4-16-8-10-24-20(16)12-18;1-3-5(6)4-2/h3-6,11-14H,7-10H2,1-2H3;3-4H2,1-2H3. The van der Waals surface area contributed by atoms with E-state index >= 15 is 0 Å². The van der Waals surface area contributed by atoms with E-state index in [1.807, 2.05) is 39.8 Å². The number of fused-ring (bicyclic) bond motifs is 2. The van der Waals surface area contributed by atoms with Crippen LogP contribution in [0.4, 0.5) is 0 Å². The predicted octanol–water partition coefficient (Wildman–Crippen LogP) is 5.41. The van der Waals surface area contributed by atoms with Crippen molar-refractivity contribution in [1.29, 1.82) is 0 Å². The van der Waals surface area contributed by atoms with E-state index in [-0.39, 0.29) is 17.6 Å². The van der Waals surface area contributed by atoms with Gasteiger partial charge in [0.05, 0.1) is 13.2 Å². The van der Waals surface area contributed by atoms with E-state index in [1.165, 1.54) is 11.1 Å². The van der Waals surface area contributed by atoms with Crippen LogP contribution in [0, 0.1) is 0 Å². The zero-order chi connectivity index (χ0) is 21.7. The van der Waals surface area contributed by atoms with Gasteiger partial charge in [-0.2, -0.15) is 0 Å². The van der Waals surface area contributed by atoms with Crippen molar-refractivity contribution in [2.24, 2.45) is 0 Å². The molecule has 2 aromatic rings. The number of carbonyl (C=O) groups is 2. The lowest BCUT2D eigenvalue weighted by Crippen LogP contribution is -2.16. The Morgan fingerprint density at radius 2 is 1.23 bits per heavy atom. The number of ether oxygens (including phenoxy) is 2. The molecule has 0 aromatic heterocycles. The van der Waals surface area contributed by atoms with Gasteiger partial charge in [0.1, 0.15) is 23.1 Å². The van der Waals surface area contributed by atoms with E-state index < -0.39 is 0 Å². The minimum atomic E-state index is -0.149. The number of benzene rings is 2. The van der Waals surface area contributed by atoms with Crippen LogP contribution in [0.5, 0.6) is 11.5 Å². The fraction of sp³-hybridized carbons (Fsp3) is 0.462. The molecule has 4 nitrogen and oxygen atoms in total. The molecule has 0 radical (unpaired) electrons. The molecule has 2 heterocycles. The molecule has 0 spiro atoms. The molecule has 160 valence electrons. The van der Waals surface area contributed by atoms with Crippen LogP contribution < -0.4 is 9.47 Å². The van der Waals surface area contributed by atoms with Gasteiger partial charge in [0, 0.05) is 37.5 Å².